The Kier molecular flexibility index (Phi) is 6.06. The van der Waals surface area contributed by atoms with Crippen LogP contribution in [0.5, 0.6) is 5.75 Å². The summed E-state index contributed by atoms with van der Waals surface area (Å²) in [7, 11) is 1.59. The van der Waals surface area contributed by atoms with Gasteiger partial charge in [-0.15, -0.1) is 0 Å². The Morgan fingerprint density at radius 3 is 2.32 bits per heavy atom. The van der Waals surface area contributed by atoms with E-state index < -0.39 is 0 Å². The van der Waals surface area contributed by atoms with Crippen molar-refractivity contribution in [3.63, 3.8) is 0 Å². The van der Waals surface area contributed by atoms with Crippen LogP contribution in [0.15, 0.2) is 54.6 Å². The number of carbonyl (C=O) groups is 1. The number of ether oxygens (including phenoxy) is 1. The van der Waals surface area contributed by atoms with Crippen molar-refractivity contribution in [2.24, 2.45) is 0 Å². The van der Waals surface area contributed by atoms with Crippen molar-refractivity contribution in [3.05, 3.63) is 65.9 Å². The van der Waals surface area contributed by atoms with Crippen LogP contribution in [0.25, 0.3) is 0 Å². The summed E-state index contributed by atoms with van der Waals surface area (Å²) in [6.45, 7) is 4.68. The van der Waals surface area contributed by atoms with Crippen molar-refractivity contribution < 1.29 is 9.53 Å². The number of aromatic nitrogens is 2. The first-order valence-electron chi connectivity index (χ1n) is 8.99. The largest absolute Gasteiger partial charge is 0.497 e. The molecule has 2 aromatic carbocycles. The zero-order chi connectivity index (χ0) is 19.9. The van der Waals surface area contributed by atoms with E-state index in [9.17, 15) is 4.79 Å². The highest BCUT2D eigenvalue weighted by atomic mass is 16.5. The lowest BCUT2D eigenvalue weighted by atomic mass is 10.2. The highest BCUT2D eigenvalue weighted by Gasteiger charge is 2.07. The number of hydrogen-bond donors (Lipinski definition) is 3. The molecule has 0 aliphatic rings. The van der Waals surface area contributed by atoms with E-state index in [0.29, 0.717) is 28.8 Å². The molecule has 7 heteroatoms. The number of nitrogens with zero attached hydrogens (tertiary/aromatic N) is 2. The van der Waals surface area contributed by atoms with E-state index in [1.54, 1.807) is 31.4 Å². The first kappa shape index (κ1) is 19.2. The van der Waals surface area contributed by atoms with Crippen molar-refractivity contribution in [1.82, 2.24) is 9.97 Å². The molecule has 0 unspecified atom stereocenters. The SMILES string of the molecule is CCNc1nc(C)cc(Nc2ccc(NC(=O)c3ccc(OC)cc3)cc2)n1. The van der Waals surface area contributed by atoms with Gasteiger partial charge >= 0.3 is 0 Å². The Hall–Kier alpha value is -3.61. The van der Waals surface area contributed by atoms with Crippen molar-refractivity contribution in [2.45, 2.75) is 13.8 Å². The van der Waals surface area contributed by atoms with Crippen molar-refractivity contribution in [1.29, 1.82) is 0 Å². The van der Waals surface area contributed by atoms with Crippen LogP contribution >= 0.6 is 0 Å². The first-order chi connectivity index (χ1) is 13.6. The molecule has 0 saturated carbocycles. The fourth-order valence-corrected chi connectivity index (χ4v) is 2.60. The van der Waals surface area contributed by atoms with E-state index in [2.05, 4.69) is 25.9 Å². The fourth-order valence-electron chi connectivity index (χ4n) is 2.60. The summed E-state index contributed by atoms with van der Waals surface area (Å²) in [6, 6.07) is 16.3. The minimum atomic E-state index is -0.176. The second-order valence-corrected chi connectivity index (χ2v) is 6.13. The molecule has 28 heavy (non-hydrogen) atoms. The van der Waals surface area contributed by atoms with Gasteiger partial charge in [0.2, 0.25) is 5.95 Å². The number of aryl methyl sites for hydroxylation is 1. The highest BCUT2D eigenvalue weighted by Crippen LogP contribution is 2.20. The maximum Gasteiger partial charge on any atom is 0.255 e. The van der Waals surface area contributed by atoms with Crippen LogP contribution in [0.4, 0.5) is 23.1 Å². The molecule has 3 aromatic rings. The second-order valence-electron chi connectivity index (χ2n) is 6.13. The Morgan fingerprint density at radius 2 is 1.68 bits per heavy atom. The van der Waals surface area contributed by atoms with Crippen LogP contribution in [0.3, 0.4) is 0 Å². The summed E-state index contributed by atoms with van der Waals surface area (Å²) in [6.07, 6.45) is 0. The third-order valence-electron chi connectivity index (χ3n) is 3.96. The lowest BCUT2D eigenvalue weighted by molar-refractivity contribution is 0.102. The van der Waals surface area contributed by atoms with Crippen molar-refractivity contribution in [3.8, 4) is 5.75 Å². The van der Waals surface area contributed by atoms with Gasteiger partial charge in [0.25, 0.3) is 5.91 Å². The molecule has 144 valence electrons. The van der Waals surface area contributed by atoms with Crippen LogP contribution in [-0.4, -0.2) is 29.5 Å². The Balaban J connectivity index is 1.65. The van der Waals surface area contributed by atoms with Gasteiger partial charge in [0.05, 0.1) is 7.11 Å². The molecule has 0 atom stereocenters. The number of benzene rings is 2. The smallest absolute Gasteiger partial charge is 0.255 e. The summed E-state index contributed by atoms with van der Waals surface area (Å²) in [5.74, 6) is 1.83. The van der Waals surface area contributed by atoms with Gasteiger partial charge in [-0.3, -0.25) is 4.79 Å². The van der Waals surface area contributed by atoms with Gasteiger partial charge in [0.1, 0.15) is 11.6 Å². The number of methoxy groups -OCH3 is 1. The van der Waals surface area contributed by atoms with Crippen LogP contribution in [0.2, 0.25) is 0 Å². The number of nitrogens with one attached hydrogen (secondary N) is 3. The average molecular weight is 377 g/mol. The fraction of sp³-hybridized carbons (Fsp3) is 0.190. The summed E-state index contributed by atoms with van der Waals surface area (Å²) in [5, 5.41) is 9.24. The molecule has 0 radical (unpaired) electrons. The van der Waals surface area contributed by atoms with Crippen LogP contribution in [0.1, 0.15) is 23.0 Å². The maximum absolute atomic E-state index is 12.3. The molecule has 3 rings (SSSR count). The van der Waals surface area contributed by atoms with Gasteiger partial charge in [0.15, 0.2) is 0 Å². The third kappa shape index (κ3) is 4.97. The average Bonchev–Trinajstić information content (AvgIpc) is 2.69. The maximum atomic E-state index is 12.3. The van der Waals surface area contributed by atoms with E-state index in [4.69, 9.17) is 4.74 Å². The quantitative estimate of drug-likeness (QED) is 0.571. The number of hydrogen-bond acceptors (Lipinski definition) is 6. The Morgan fingerprint density at radius 1 is 1.00 bits per heavy atom. The molecule has 1 amide bonds. The summed E-state index contributed by atoms with van der Waals surface area (Å²) in [5.41, 5.74) is 3.01. The van der Waals surface area contributed by atoms with E-state index in [0.717, 1.165) is 17.9 Å². The first-order valence-corrected chi connectivity index (χ1v) is 8.99. The van der Waals surface area contributed by atoms with E-state index >= 15 is 0 Å². The van der Waals surface area contributed by atoms with Crippen molar-refractivity contribution in [2.75, 3.05) is 29.6 Å². The zero-order valence-corrected chi connectivity index (χ0v) is 16.1. The summed E-state index contributed by atoms with van der Waals surface area (Å²) < 4.78 is 5.11. The lowest BCUT2D eigenvalue weighted by Crippen LogP contribution is -2.11. The number of amides is 1. The molecule has 1 heterocycles. The Labute approximate surface area is 164 Å². The molecular weight excluding hydrogens is 354 g/mol. The zero-order valence-electron chi connectivity index (χ0n) is 16.1. The number of carbonyl (C=O) groups excluding carboxylic acids is 1. The second kappa shape index (κ2) is 8.85. The molecule has 0 saturated heterocycles. The van der Waals surface area contributed by atoms with Gasteiger partial charge in [0, 0.05) is 35.2 Å². The lowest BCUT2D eigenvalue weighted by Gasteiger charge is -2.10. The molecule has 0 aliphatic carbocycles. The Bertz CT molecular complexity index is 940. The standard InChI is InChI=1S/C21H23N5O2/c1-4-22-21-23-14(2)13-19(26-21)24-16-7-9-17(10-8-16)25-20(27)15-5-11-18(28-3)12-6-15/h5-13H,4H2,1-3H3,(H,25,27)(H2,22,23,24,26). The topological polar surface area (TPSA) is 88.2 Å². The van der Waals surface area contributed by atoms with Gasteiger partial charge in [-0.1, -0.05) is 0 Å². The third-order valence-corrected chi connectivity index (χ3v) is 3.96. The minimum absolute atomic E-state index is 0.176. The van der Waals surface area contributed by atoms with Crippen LogP contribution < -0.4 is 20.7 Å². The molecule has 0 bridgehead atoms. The van der Waals surface area contributed by atoms with Gasteiger partial charge in [-0.05, 0) is 62.4 Å². The normalized spacial score (nSPS) is 10.2. The van der Waals surface area contributed by atoms with Gasteiger partial charge in [-0.2, -0.15) is 4.98 Å². The minimum Gasteiger partial charge on any atom is -0.497 e. The van der Waals surface area contributed by atoms with E-state index in [-0.39, 0.29) is 5.91 Å². The van der Waals surface area contributed by atoms with Gasteiger partial charge < -0.3 is 20.7 Å². The molecular formula is C21H23N5O2. The van der Waals surface area contributed by atoms with Gasteiger partial charge in [-0.25, -0.2) is 4.98 Å². The monoisotopic (exact) mass is 377 g/mol. The number of rotatable bonds is 7. The van der Waals surface area contributed by atoms with E-state index in [1.165, 1.54) is 0 Å². The van der Waals surface area contributed by atoms with Crippen LogP contribution in [-0.2, 0) is 0 Å². The van der Waals surface area contributed by atoms with Crippen molar-refractivity contribution >= 4 is 29.0 Å². The molecule has 1 aromatic heterocycles. The molecule has 0 aliphatic heterocycles. The molecule has 0 fully saturated rings. The predicted molar refractivity (Wildman–Crippen MR) is 112 cm³/mol. The predicted octanol–water partition coefficient (Wildman–Crippen LogP) is 4.22. The van der Waals surface area contributed by atoms with Crippen LogP contribution in [0, 0.1) is 6.92 Å². The molecule has 7 nitrogen and oxygen atoms in total. The summed E-state index contributed by atoms with van der Waals surface area (Å²) >= 11 is 0. The highest BCUT2D eigenvalue weighted by molar-refractivity contribution is 6.04. The molecule has 3 N–H and O–H groups in total. The van der Waals surface area contributed by atoms with E-state index in [1.807, 2.05) is 44.2 Å². The number of anilines is 4. The summed E-state index contributed by atoms with van der Waals surface area (Å²) in [4.78, 5) is 21.1. The molecule has 0 spiro atoms.